The quantitative estimate of drug-likeness (QED) is 0.619. The van der Waals surface area contributed by atoms with E-state index in [4.69, 9.17) is 4.74 Å². The molecule has 0 saturated carbocycles. The number of hydrogen-bond acceptors (Lipinski definition) is 4. The summed E-state index contributed by atoms with van der Waals surface area (Å²) in [4.78, 5) is 0. The average Bonchev–Trinajstić information content (AvgIpc) is 2.24. The highest BCUT2D eigenvalue weighted by Gasteiger charge is 2.49. The van der Waals surface area contributed by atoms with Gasteiger partial charge >= 0.3 is 15.6 Å². The van der Waals surface area contributed by atoms with Crippen LogP contribution in [0.3, 0.4) is 0 Å². The Morgan fingerprint density at radius 3 is 2.43 bits per heavy atom. The fourth-order valence-corrected chi connectivity index (χ4v) is 2.33. The van der Waals surface area contributed by atoms with Gasteiger partial charge in [0.1, 0.15) is 11.4 Å². The Morgan fingerprint density at radius 2 is 1.86 bits per heavy atom. The summed E-state index contributed by atoms with van der Waals surface area (Å²) >= 11 is 0. The molecule has 1 aliphatic rings. The van der Waals surface area contributed by atoms with Crippen LogP contribution in [0, 0.1) is 6.92 Å². The summed E-state index contributed by atoms with van der Waals surface area (Å²) in [6.45, 7) is 4.95. The maximum absolute atomic E-state index is 12.4. The van der Waals surface area contributed by atoms with E-state index in [0.29, 0.717) is 0 Å². The van der Waals surface area contributed by atoms with Crippen molar-refractivity contribution in [1.82, 2.24) is 0 Å². The standard InChI is InChI=1S/C13H13F3O4S/c1-8-4-5-9-10(6-8)19-12(2,3)7-11(9)20-21(17,18)13(14,15)16/h4-7H,1-3H3. The van der Waals surface area contributed by atoms with Crippen molar-refractivity contribution in [2.45, 2.75) is 31.9 Å². The molecule has 0 aliphatic carbocycles. The average molecular weight is 322 g/mol. The molecule has 1 heterocycles. The molecule has 1 aliphatic heterocycles. The summed E-state index contributed by atoms with van der Waals surface area (Å²) in [7, 11) is -5.72. The molecule has 116 valence electrons. The van der Waals surface area contributed by atoms with Gasteiger partial charge in [0.25, 0.3) is 0 Å². The van der Waals surface area contributed by atoms with Crippen molar-refractivity contribution in [2.24, 2.45) is 0 Å². The van der Waals surface area contributed by atoms with Gasteiger partial charge in [-0.1, -0.05) is 6.07 Å². The van der Waals surface area contributed by atoms with Crippen LogP contribution >= 0.6 is 0 Å². The number of ether oxygens (including phenoxy) is 1. The van der Waals surface area contributed by atoms with Crippen molar-refractivity contribution in [3.63, 3.8) is 0 Å². The van der Waals surface area contributed by atoms with Crippen molar-refractivity contribution in [3.8, 4) is 5.75 Å². The smallest absolute Gasteiger partial charge is 0.483 e. The zero-order valence-corrected chi connectivity index (χ0v) is 12.3. The molecule has 0 amide bonds. The second-order valence-electron chi connectivity index (χ2n) is 5.20. The first-order valence-electron chi connectivity index (χ1n) is 5.95. The van der Waals surface area contributed by atoms with Gasteiger partial charge in [0.15, 0.2) is 5.76 Å². The van der Waals surface area contributed by atoms with Gasteiger partial charge in [-0.25, -0.2) is 0 Å². The van der Waals surface area contributed by atoms with Crippen LogP contribution in [0.5, 0.6) is 5.75 Å². The van der Waals surface area contributed by atoms with Gasteiger partial charge in [-0.2, -0.15) is 21.6 Å². The second-order valence-corrected chi connectivity index (χ2v) is 6.73. The molecule has 1 aromatic rings. The predicted molar refractivity (Wildman–Crippen MR) is 69.9 cm³/mol. The molecular weight excluding hydrogens is 309 g/mol. The summed E-state index contributed by atoms with van der Waals surface area (Å²) in [5.74, 6) is -0.117. The van der Waals surface area contributed by atoms with Gasteiger partial charge in [-0.3, -0.25) is 0 Å². The SMILES string of the molecule is Cc1ccc2c(c1)OC(C)(C)C=C2OS(=O)(=O)C(F)(F)F. The maximum Gasteiger partial charge on any atom is 0.534 e. The number of hydrogen-bond donors (Lipinski definition) is 0. The van der Waals surface area contributed by atoms with E-state index in [1.165, 1.54) is 12.1 Å². The van der Waals surface area contributed by atoms with Gasteiger partial charge in [0.2, 0.25) is 0 Å². The number of fused-ring (bicyclic) bond motifs is 1. The first-order valence-corrected chi connectivity index (χ1v) is 7.36. The second kappa shape index (κ2) is 4.66. The summed E-state index contributed by atoms with van der Waals surface area (Å²) in [6, 6.07) is 4.68. The number of halogens is 3. The molecule has 0 saturated heterocycles. The van der Waals surface area contributed by atoms with Gasteiger partial charge in [0.05, 0.1) is 5.56 Å². The number of alkyl halides is 3. The third-order valence-electron chi connectivity index (χ3n) is 2.74. The first-order chi connectivity index (χ1) is 9.41. The molecule has 0 spiro atoms. The molecule has 0 unspecified atom stereocenters. The van der Waals surface area contributed by atoms with Crippen molar-refractivity contribution in [2.75, 3.05) is 0 Å². The van der Waals surface area contributed by atoms with Gasteiger partial charge in [-0.15, -0.1) is 0 Å². The van der Waals surface area contributed by atoms with Crippen LogP contribution in [0.4, 0.5) is 13.2 Å². The highest BCUT2D eigenvalue weighted by molar-refractivity contribution is 7.87. The van der Waals surface area contributed by atoms with Gasteiger partial charge in [-0.05, 0) is 38.5 Å². The monoisotopic (exact) mass is 322 g/mol. The lowest BCUT2D eigenvalue weighted by Crippen LogP contribution is -2.31. The predicted octanol–water partition coefficient (Wildman–Crippen LogP) is 3.37. The Balaban J connectivity index is 2.50. The fraction of sp³-hybridized carbons (Fsp3) is 0.385. The molecule has 0 N–H and O–H groups in total. The third-order valence-corrected chi connectivity index (χ3v) is 3.70. The molecule has 2 rings (SSSR count). The Kier molecular flexibility index (Phi) is 3.48. The third kappa shape index (κ3) is 3.15. The fourth-order valence-electron chi connectivity index (χ4n) is 1.86. The van der Waals surface area contributed by atoms with Crippen molar-refractivity contribution in [1.29, 1.82) is 0 Å². The Bertz CT molecular complexity index is 703. The minimum absolute atomic E-state index is 0.160. The van der Waals surface area contributed by atoms with E-state index < -0.39 is 27.0 Å². The molecule has 0 atom stereocenters. The summed E-state index contributed by atoms with van der Waals surface area (Å²) in [5, 5.41) is 0. The number of rotatable bonds is 2. The highest BCUT2D eigenvalue weighted by atomic mass is 32.2. The normalized spacial score (nSPS) is 17.5. The van der Waals surface area contributed by atoms with E-state index in [1.807, 2.05) is 0 Å². The van der Waals surface area contributed by atoms with E-state index in [2.05, 4.69) is 4.18 Å². The first kappa shape index (κ1) is 15.7. The van der Waals surface area contributed by atoms with E-state index in [9.17, 15) is 21.6 Å². The molecule has 4 nitrogen and oxygen atoms in total. The molecule has 0 fully saturated rings. The molecule has 1 aromatic carbocycles. The van der Waals surface area contributed by atoms with Crippen LogP contribution < -0.4 is 4.74 Å². The minimum atomic E-state index is -5.72. The summed E-state index contributed by atoms with van der Waals surface area (Å²) in [6.07, 6.45) is 1.20. The molecule has 0 radical (unpaired) electrons. The van der Waals surface area contributed by atoms with E-state index in [-0.39, 0.29) is 11.3 Å². The van der Waals surface area contributed by atoms with Crippen molar-refractivity contribution in [3.05, 3.63) is 35.4 Å². The lowest BCUT2D eigenvalue weighted by atomic mass is 10.00. The molecule has 0 aromatic heterocycles. The van der Waals surface area contributed by atoms with Crippen LogP contribution in [0.15, 0.2) is 24.3 Å². The molecule has 8 heteroatoms. The Morgan fingerprint density at radius 1 is 1.24 bits per heavy atom. The molecule has 21 heavy (non-hydrogen) atoms. The minimum Gasteiger partial charge on any atom is -0.483 e. The van der Waals surface area contributed by atoms with Crippen molar-refractivity contribution >= 4 is 15.9 Å². The Labute approximate surface area is 120 Å². The number of aryl methyl sites for hydroxylation is 1. The molecule has 0 bridgehead atoms. The number of benzene rings is 1. The van der Waals surface area contributed by atoms with Gasteiger partial charge in [0, 0.05) is 6.08 Å². The van der Waals surface area contributed by atoms with Crippen molar-refractivity contribution < 1.29 is 30.5 Å². The maximum atomic E-state index is 12.4. The van der Waals surface area contributed by atoms with Crippen LogP contribution in [0.1, 0.15) is 25.0 Å². The van der Waals surface area contributed by atoms with E-state index in [1.54, 1.807) is 32.9 Å². The lowest BCUT2D eigenvalue weighted by molar-refractivity contribution is -0.0510. The van der Waals surface area contributed by atoms with Crippen LogP contribution in [-0.4, -0.2) is 19.5 Å². The van der Waals surface area contributed by atoms with Crippen LogP contribution in [-0.2, 0) is 14.3 Å². The largest absolute Gasteiger partial charge is 0.534 e. The highest BCUT2D eigenvalue weighted by Crippen LogP contribution is 2.39. The molecular formula is C13H13F3O4S. The van der Waals surface area contributed by atoms with Gasteiger partial charge < -0.3 is 8.92 Å². The van der Waals surface area contributed by atoms with Crippen LogP contribution in [0.25, 0.3) is 5.76 Å². The van der Waals surface area contributed by atoms with Crippen LogP contribution in [0.2, 0.25) is 0 Å². The zero-order valence-electron chi connectivity index (χ0n) is 11.5. The summed E-state index contributed by atoms with van der Waals surface area (Å²) in [5.41, 5.74) is -5.49. The zero-order chi connectivity index (χ0) is 16.1. The Hall–Kier alpha value is -1.70. The van der Waals surface area contributed by atoms with E-state index >= 15 is 0 Å². The summed E-state index contributed by atoms with van der Waals surface area (Å²) < 4.78 is 69.6. The lowest BCUT2D eigenvalue weighted by Gasteiger charge is -2.30. The van der Waals surface area contributed by atoms with E-state index in [0.717, 1.165) is 5.56 Å². The topological polar surface area (TPSA) is 52.6 Å².